The standard InChI is InChI=1S/C15H28N6.HI/c1-4-21-9-5-6-14(21)11-18-15(16-2)17-8-7-13-10-19-20(3)12-13;/h10,12,14H,4-9,11H2,1-3H3,(H2,16,17,18);1H. The van der Waals surface area contributed by atoms with E-state index in [9.17, 15) is 0 Å². The summed E-state index contributed by atoms with van der Waals surface area (Å²) in [5.41, 5.74) is 1.24. The molecule has 1 unspecified atom stereocenters. The summed E-state index contributed by atoms with van der Waals surface area (Å²) in [6, 6.07) is 0.645. The Labute approximate surface area is 150 Å². The summed E-state index contributed by atoms with van der Waals surface area (Å²) in [6.07, 6.45) is 7.52. The van der Waals surface area contributed by atoms with Crippen molar-refractivity contribution in [2.75, 3.05) is 33.2 Å². The first kappa shape index (κ1) is 19.2. The summed E-state index contributed by atoms with van der Waals surface area (Å²) in [6.45, 7) is 6.45. The highest BCUT2D eigenvalue weighted by atomic mass is 127. The monoisotopic (exact) mass is 420 g/mol. The number of hydrogen-bond donors (Lipinski definition) is 2. The van der Waals surface area contributed by atoms with E-state index in [4.69, 9.17) is 0 Å². The van der Waals surface area contributed by atoms with Crippen molar-refractivity contribution in [3.05, 3.63) is 18.0 Å². The van der Waals surface area contributed by atoms with Crippen molar-refractivity contribution < 1.29 is 0 Å². The van der Waals surface area contributed by atoms with Gasteiger partial charge in [0.2, 0.25) is 0 Å². The van der Waals surface area contributed by atoms with Crippen molar-refractivity contribution in [3.8, 4) is 0 Å². The van der Waals surface area contributed by atoms with Gasteiger partial charge in [0.15, 0.2) is 5.96 Å². The van der Waals surface area contributed by atoms with Gasteiger partial charge in [-0.2, -0.15) is 5.10 Å². The quantitative estimate of drug-likeness (QED) is 0.413. The molecule has 2 heterocycles. The minimum absolute atomic E-state index is 0. The van der Waals surface area contributed by atoms with Crippen LogP contribution in [0.25, 0.3) is 0 Å². The lowest BCUT2D eigenvalue weighted by molar-refractivity contribution is 0.267. The molecule has 1 aliphatic heterocycles. The van der Waals surface area contributed by atoms with E-state index in [1.54, 1.807) is 0 Å². The first-order valence-electron chi connectivity index (χ1n) is 7.89. The summed E-state index contributed by atoms with van der Waals surface area (Å²) in [5.74, 6) is 0.891. The Morgan fingerprint density at radius 2 is 2.27 bits per heavy atom. The van der Waals surface area contributed by atoms with Gasteiger partial charge >= 0.3 is 0 Å². The van der Waals surface area contributed by atoms with Gasteiger partial charge in [0.1, 0.15) is 0 Å². The highest BCUT2D eigenvalue weighted by Crippen LogP contribution is 2.15. The van der Waals surface area contributed by atoms with Crippen LogP contribution in [0.4, 0.5) is 0 Å². The second-order valence-corrected chi connectivity index (χ2v) is 5.58. The Morgan fingerprint density at radius 1 is 1.45 bits per heavy atom. The normalized spacial score (nSPS) is 19.0. The fourth-order valence-corrected chi connectivity index (χ4v) is 2.90. The highest BCUT2D eigenvalue weighted by Gasteiger charge is 2.22. The molecule has 0 aliphatic carbocycles. The number of likely N-dealkylation sites (N-methyl/N-ethyl adjacent to an activating group) is 1. The van der Waals surface area contributed by atoms with Crippen molar-refractivity contribution >= 4 is 29.9 Å². The van der Waals surface area contributed by atoms with Gasteiger partial charge < -0.3 is 10.6 Å². The van der Waals surface area contributed by atoms with E-state index in [1.165, 1.54) is 24.9 Å². The van der Waals surface area contributed by atoms with E-state index < -0.39 is 0 Å². The van der Waals surface area contributed by atoms with Crippen molar-refractivity contribution in [1.29, 1.82) is 0 Å². The lowest BCUT2D eigenvalue weighted by Gasteiger charge is -2.23. The third-order valence-electron chi connectivity index (χ3n) is 4.10. The predicted octanol–water partition coefficient (Wildman–Crippen LogP) is 1.23. The summed E-state index contributed by atoms with van der Waals surface area (Å²) >= 11 is 0. The van der Waals surface area contributed by atoms with Crippen molar-refractivity contribution in [2.45, 2.75) is 32.2 Å². The maximum absolute atomic E-state index is 4.29. The number of nitrogens with one attached hydrogen (secondary N) is 2. The molecule has 0 spiro atoms. The number of nitrogens with zero attached hydrogens (tertiary/aromatic N) is 4. The molecule has 0 aromatic carbocycles. The number of guanidine groups is 1. The molecule has 0 saturated carbocycles. The number of aliphatic imine (C=N–C) groups is 1. The molecule has 1 atom stereocenters. The average Bonchev–Trinajstić information content (AvgIpc) is 3.11. The lowest BCUT2D eigenvalue weighted by Crippen LogP contribution is -2.45. The van der Waals surface area contributed by atoms with Gasteiger partial charge in [0.25, 0.3) is 0 Å². The molecule has 7 heteroatoms. The Morgan fingerprint density at radius 3 is 2.91 bits per heavy atom. The molecule has 2 rings (SSSR count). The van der Waals surface area contributed by atoms with Gasteiger partial charge in [-0.1, -0.05) is 6.92 Å². The summed E-state index contributed by atoms with van der Waals surface area (Å²) < 4.78 is 1.84. The van der Waals surface area contributed by atoms with E-state index in [2.05, 4.69) is 38.7 Å². The molecule has 22 heavy (non-hydrogen) atoms. The van der Waals surface area contributed by atoms with Crippen LogP contribution in [0, 0.1) is 0 Å². The third kappa shape index (κ3) is 5.75. The van der Waals surface area contributed by atoms with Gasteiger partial charge in [-0.15, -0.1) is 24.0 Å². The fraction of sp³-hybridized carbons (Fsp3) is 0.733. The Kier molecular flexibility index (Phi) is 8.77. The van der Waals surface area contributed by atoms with E-state index >= 15 is 0 Å². The molecule has 2 N–H and O–H groups in total. The Bertz CT molecular complexity index is 459. The maximum atomic E-state index is 4.29. The molecule has 1 saturated heterocycles. The minimum atomic E-state index is 0. The second-order valence-electron chi connectivity index (χ2n) is 5.58. The maximum Gasteiger partial charge on any atom is 0.191 e. The van der Waals surface area contributed by atoms with Crippen LogP contribution in [0.3, 0.4) is 0 Å². The minimum Gasteiger partial charge on any atom is -0.356 e. The predicted molar refractivity (Wildman–Crippen MR) is 102 cm³/mol. The van der Waals surface area contributed by atoms with Crippen LogP contribution >= 0.6 is 24.0 Å². The van der Waals surface area contributed by atoms with E-state index in [-0.39, 0.29) is 24.0 Å². The molecule has 0 amide bonds. The molecule has 0 bridgehead atoms. The molecule has 1 aromatic rings. The molecule has 1 aromatic heterocycles. The lowest BCUT2D eigenvalue weighted by atomic mass is 10.2. The van der Waals surface area contributed by atoms with Gasteiger partial charge in [0, 0.05) is 39.4 Å². The van der Waals surface area contributed by atoms with Crippen LogP contribution in [0.15, 0.2) is 17.4 Å². The van der Waals surface area contributed by atoms with Crippen LogP contribution in [-0.4, -0.2) is 59.9 Å². The van der Waals surface area contributed by atoms with Crippen molar-refractivity contribution in [1.82, 2.24) is 25.3 Å². The zero-order valence-corrected chi connectivity index (χ0v) is 16.2. The van der Waals surface area contributed by atoms with Crippen LogP contribution in [-0.2, 0) is 13.5 Å². The molecular weight excluding hydrogens is 391 g/mol. The number of aromatic nitrogens is 2. The van der Waals surface area contributed by atoms with E-state index in [0.717, 1.165) is 32.0 Å². The Hall–Kier alpha value is -0.830. The smallest absolute Gasteiger partial charge is 0.191 e. The molecule has 6 nitrogen and oxygen atoms in total. The number of rotatable bonds is 6. The highest BCUT2D eigenvalue weighted by molar-refractivity contribution is 14.0. The van der Waals surface area contributed by atoms with E-state index in [0.29, 0.717) is 6.04 Å². The second kappa shape index (κ2) is 10.0. The molecular formula is C15H29IN6. The van der Waals surface area contributed by atoms with Crippen LogP contribution in [0.2, 0.25) is 0 Å². The van der Waals surface area contributed by atoms with Gasteiger partial charge in [-0.05, 0) is 37.9 Å². The van der Waals surface area contributed by atoms with Gasteiger partial charge in [-0.25, -0.2) is 0 Å². The fourth-order valence-electron chi connectivity index (χ4n) is 2.90. The third-order valence-corrected chi connectivity index (χ3v) is 4.10. The summed E-state index contributed by atoms with van der Waals surface area (Å²) in [4.78, 5) is 6.83. The van der Waals surface area contributed by atoms with Crippen LogP contribution in [0.5, 0.6) is 0 Å². The van der Waals surface area contributed by atoms with Crippen molar-refractivity contribution in [3.63, 3.8) is 0 Å². The zero-order chi connectivity index (χ0) is 15.1. The number of hydrogen-bond acceptors (Lipinski definition) is 3. The molecule has 1 fully saturated rings. The SMILES string of the molecule is CCN1CCCC1CNC(=NC)NCCc1cnn(C)c1.I. The summed E-state index contributed by atoms with van der Waals surface area (Å²) in [5, 5.41) is 11.0. The van der Waals surface area contributed by atoms with Crippen LogP contribution < -0.4 is 10.6 Å². The number of aryl methyl sites for hydroxylation is 1. The summed E-state index contributed by atoms with van der Waals surface area (Å²) in [7, 11) is 3.77. The average molecular weight is 420 g/mol. The topological polar surface area (TPSA) is 57.5 Å². The number of likely N-dealkylation sites (tertiary alicyclic amines) is 1. The molecule has 1 aliphatic rings. The molecule has 126 valence electrons. The van der Waals surface area contributed by atoms with Gasteiger partial charge in [0.05, 0.1) is 6.20 Å². The van der Waals surface area contributed by atoms with Crippen molar-refractivity contribution in [2.24, 2.45) is 12.0 Å². The largest absolute Gasteiger partial charge is 0.356 e. The zero-order valence-electron chi connectivity index (χ0n) is 13.9. The Balaban J connectivity index is 0.00000242. The number of halogens is 1. The first-order chi connectivity index (χ1) is 10.2. The molecule has 0 radical (unpaired) electrons. The van der Waals surface area contributed by atoms with Crippen LogP contribution in [0.1, 0.15) is 25.3 Å². The first-order valence-corrected chi connectivity index (χ1v) is 7.89. The van der Waals surface area contributed by atoms with Gasteiger partial charge in [-0.3, -0.25) is 14.6 Å². The van der Waals surface area contributed by atoms with E-state index in [1.807, 2.05) is 25.0 Å².